The van der Waals surface area contributed by atoms with Gasteiger partial charge in [-0.3, -0.25) is 4.90 Å². The minimum atomic E-state index is 0.0707. The first-order valence-electron chi connectivity index (χ1n) is 7.52. The lowest BCUT2D eigenvalue weighted by atomic mass is 10.0. The summed E-state index contributed by atoms with van der Waals surface area (Å²) in [6.07, 6.45) is 1.62. The van der Waals surface area contributed by atoms with Crippen LogP contribution in [0, 0.1) is 6.92 Å². The lowest BCUT2D eigenvalue weighted by molar-refractivity contribution is 0.119. The number of nitrogens with two attached hydrogens (primary N) is 1. The molecular weight excluding hydrogens is 264 g/mol. The summed E-state index contributed by atoms with van der Waals surface area (Å²) in [7, 11) is 0. The zero-order valence-electron chi connectivity index (χ0n) is 13.1. The number of nitrogens with zero attached hydrogens (tertiary/aromatic N) is 5. The Labute approximate surface area is 125 Å². The summed E-state index contributed by atoms with van der Waals surface area (Å²) in [6, 6.07) is 4.25. The van der Waals surface area contributed by atoms with Crippen LogP contribution in [0.4, 0.5) is 5.82 Å². The molecule has 0 spiro atoms. The maximum Gasteiger partial charge on any atom is 0.157 e. The molecule has 2 aromatic rings. The molecule has 2 N–H and O–H groups in total. The van der Waals surface area contributed by atoms with Gasteiger partial charge in [0, 0.05) is 38.3 Å². The molecule has 1 aliphatic rings. The Balaban J connectivity index is 1.81. The molecule has 21 heavy (non-hydrogen) atoms. The quantitative estimate of drug-likeness (QED) is 0.909. The highest BCUT2D eigenvalue weighted by molar-refractivity contribution is 5.53. The number of rotatable bonds is 3. The van der Waals surface area contributed by atoms with Gasteiger partial charge in [-0.15, -0.1) is 0 Å². The largest absolute Gasteiger partial charge is 0.354 e. The van der Waals surface area contributed by atoms with Gasteiger partial charge in [0.1, 0.15) is 12.1 Å². The van der Waals surface area contributed by atoms with E-state index in [0.29, 0.717) is 6.54 Å². The topological polar surface area (TPSA) is 62.7 Å². The van der Waals surface area contributed by atoms with Crippen molar-refractivity contribution in [3.05, 3.63) is 24.0 Å². The molecule has 6 heteroatoms. The second-order valence-electron chi connectivity index (χ2n) is 6.41. The Morgan fingerprint density at radius 2 is 1.90 bits per heavy atom. The summed E-state index contributed by atoms with van der Waals surface area (Å²) in [5.41, 5.74) is 8.09. The summed E-state index contributed by atoms with van der Waals surface area (Å²) >= 11 is 0. The van der Waals surface area contributed by atoms with Crippen molar-refractivity contribution in [2.75, 3.05) is 37.6 Å². The van der Waals surface area contributed by atoms with E-state index in [-0.39, 0.29) is 5.54 Å². The van der Waals surface area contributed by atoms with Crippen molar-refractivity contribution in [2.24, 2.45) is 5.73 Å². The lowest BCUT2D eigenvalue weighted by Crippen LogP contribution is -2.57. The van der Waals surface area contributed by atoms with E-state index >= 15 is 0 Å². The van der Waals surface area contributed by atoms with E-state index in [0.717, 1.165) is 37.6 Å². The van der Waals surface area contributed by atoms with Gasteiger partial charge in [-0.05, 0) is 38.5 Å². The minimum Gasteiger partial charge on any atom is -0.354 e. The van der Waals surface area contributed by atoms with Crippen molar-refractivity contribution in [1.82, 2.24) is 19.5 Å². The first kappa shape index (κ1) is 14.3. The number of fused-ring (bicyclic) bond motifs is 1. The van der Waals surface area contributed by atoms with Crippen LogP contribution in [-0.2, 0) is 0 Å². The van der Waals surface area contributed by atoms with E-state index in [1.807, 2.05) is 4.52 Å². The van der Waals surface area contributed by atoms with Crippen molar-refractivity contribution in [1.29, 1.82) is 0 Å². The van der Waals surface area contributed by atoms with Crippen LogP contribution in [0.5, 0.6) is 0 Å². The Morgan fingerprint density at radius 1 is 1.19 bits per heavy atom. The fourth-order valence-electron chi connectivity index (χ4n) is 2.93. The van der Waals surface area contributed by atoms with Crippen LogP contribution in [0.3, 0.4) is 0 Å². The number of aryl methyl sites for hydroxylation is 1. The summed E-state index contributed by atoms with van der Waals surface area (Å²) in [5, 5.41) is 4.35. The molecule has 2 aromatic heterocycles. The van der Waals surface area contributed by atoms with Crippen molar-refractivity contribution >= 4 is 11.5 Å². The number of hydrogen-bond donors (Lipinski definition) is 1. The van der Waals surface area contributed by atoms with Crippen LogP contribution < -0.4 is 10.6 Å². The highest BCUT2D eigenvalue weighted by Crippen LogP contribution is 2.22. The summed E-state index contributed by atoms with van der Waals surface area (Å²) in [5.74, 6) is 1.13. The average Bonchev–Trinajstić information content (AvgIpc) is 2.94. The number of aromatic nitrogens is 3. The zero-order valence-corrected chi connectivity index (χ0v) is 13.1. The molecule has 0 aromatic carbocycles. The standard InChI is InChI=1S/C15H24N6/c1-12-8-13-17-11-18-21(13)14(9-12)19-4-6-20(7-5-19)15(2,3)10-16/h8-9,11H,4-7,10,16H2,1-3H3. The first-order chi connectivity index (χ1) is 10.0. The molecule has 0 saturated carbocycles. The zero-order chi connectivity index (χ0) is 15.0. The molecule has 114 valence electrons. The van der Waals surface area contributed by atoms with Crippen LogP contribution in [0.15, 0.2) is 18.5 Å². The average molecular weight is 288 g/mol. The van der Waals surface area contributed by atoms with Gasteiger partial charge in [-0.25, -0.2) is 4.98 Å². The maximum atomic E-state index is 5.89. The number of pyridine rings is 1. The third-order valence-electron chi connectivity index (χ3n) is 4.46. The first-order valence-corrected chi connectivity index (χ1v) is 7.52. The normalized spacial score (nSPS) is 17.6. The number of hydrogen-bond acceptors (Lipinski definition) is 5. The second kappa shape index (κ2) is 5.27. The molecule has 3 rings (SSSR count). The molecule has 0 bridgehead atoms. The van der Waals surface area contributed by atoms with E-state index in [1.54, 1.807) is 6.33 Å². The van der Waals surface area contributed by atoms with Crippen molar-refractivity contribution in [2.45, 2.75) is 26.3 Å². The lowest BCUT2D eigenvalue weighted by Gasteiger charge is -2.44. The molecule has 0 aliphatic carbocycles. The van der Waals surface area contributed by atoms with Crippen LogP contribution in [0.1, 0.15) is 19.4 Å². The monoisotopic (exact) mass is 288 g/mol. The summed E-state index contributed by atoms with van der Waals surface area (Å²) < 4.78 is 1.93. The van der Waals surface area contributed by atoms with Gasteiger partial charge in [-0.1, -0.05) is 0 Å². The molecule has 6 nitrogen and oxygen atoms in total. The summed E-state index contributed by atoms with van der Waals surface area (Å²) in [6.45, 7) is 11.2. The molecule has 1 aliphatic heterocycles. The molecule has 3 heterocycles. The Hall–Kier alpha value is -1.66. The van der Waals surface area contributed by atoms with Crippen LogP contribution >= 0.6 is 0 Å². The second-order valence-corrected chi connectivity index (χ2v) is 6.41. The highest BCUT2D eigenvalue weighted by Gasteiger charge is 2.29. The third-order valence-corrected chi connectivity index (χ3v) is 4.46. The van der Waals surface area contributed by atoms with Crippen LogP contribution in [-0.4, -0.2) is 57.8 Å². The maximum absolute atomic E-state index is 5.89. The molecule has 1 saturated heterocycles. The molecule has 0 unspecified atom stereocenters. The van der Waals surface area contributed by atoms with Gasteiger partial charge in [-0.2, -0.15) is 9.61 Å². The Morgan fingerprint density at radius 3 is 2.57 bits per heavy atom. The van der Waals surface area contributed by atoms with Gasteiger partial charge >= 0.3 is 0 Å². The van der Waals surface area contributed by atoms with Crippen molar-refractivity contribution < 1.29 is 0 Å². The van der Waals surface area contributed by atoms with E-state index < -0.39 is 0 Å². The molecule has 0 atom stereocenters. The van der Waals surface area contributed by atoms with E-state index in [4.69, 9.17) is 5.73 Å². The Bertz CT molecular complexity index is 624. The van der Waals surface area contributed by atoms with E-state index in [9.17, 15) is 0 Å². The van der Waals surface area contributed by atoms with Crippen LogP contribution in [0.2, 0.25) is 0 Å². The molecule has 0 amide bonds. The van der Waals surface area contributed by atoms with Gasteiger partial charge in [0.2, 0.25) is 0 Å². The fraction of sp³-hybridized carbons (Fsp3) is 0.600. The van der Waals surface area contributed by atoms with Gasteiger partial charge in [0.15, 0.2) is 5.65 Å². The SMILES string of the molecule is Cc1cc(N2CCN(C(C)(C)CN)CC2)n2ncnc2c1. The van der Waals surface area contributed by atoms with Gasteiger partial charge in [0.05, 0.1) is 0 Å². The van der Waals surface area contributed by atoms with Gasteiger partial charge in [0.25, 0.3) is 0 Å². The molecular formula is C15H24N6. The summed E-state index contributed by atoms with van der Waals surface area (Å²) in [4.78, 5) is 9.16. The highest BCUT2D eigenvalue weighted by atomic mass is 15.4. The minimum absolute atomic E-state index is 0.0707. The predicted octanol–water partition coefficient (Wildman–Crippen LogP) is 0.897. The van der Waals surface area contributed by atoms with E-state index in [1.165, 1.54) is 5.56 Å². The van der Waals surface area contributed by atoms with Crippen molar-refractivity contribution in [3.63, 3.8) is 0 Å². The van der Waals surface area contributed by atoms with E-state index in [2.05, 4.69) is 52.8 Å². The number of anilines is 1. The fourth-order valence-corrected chi connectivity index (χ4v) is 2.93. The molecule has 1 fully saturated rings. The smallest absolute Gasteiger partial charge is 0.157 e. The van der Waals surface area contributed by atoms with Crippen LogP contribution in [0.25, 0.3) is 5.65 Å². The Kier molecular flexibility index (Phi) is 3.59. The number of piperazine rings is 1. The van der Waals surface area contributed by atoms with Gasteiger partial charge < -0.3 is 10.6 Å². The molecule has 0 radical (unpaired) electrons. The third kappa shape index (κ3) is 2.61. The predicted molar refractivity (Wildman–Crippen MR) is 84.6 cm³/mol. The van der Waals surface area contributed by atoms with Crippen molar-refractivity contribution in [3.8, 4) is 0 Å².